The minimum atomic E-state index is 0.0321. The first-order chi connectivity index (χ1) is 10.7. The zero-order chi connectivity index (χ0) is 15.8. The molecule has 0 bridgehead atoms. The standard InChI is InChI=1S/C18H28N2O2/c1-3-20(4-2)14-18(21)19-15-10-12-17(13-11-15)22-16-8-6-5-7-9-16/h10-13,16H,3-9,14H2,1-2H3,(H,19,21). The maximum atomic E-state index is 12.0. The number of hydrogen-bond donors (Lipinski definition) is 1. The lowest BCUT2D eigenvalue weighted by Gasteiger charge is -2.23. The monoisotopic (exact) mass is 304 g/mol. The fourth-order valence-corrected chi connectivity index (χ4v) is 2.84. The number of rotatable bonds is 7. The first-order valence-corrected chi connectivity index (χ1v) is 8.50. The number of carbonyl (C=O) groups is 1. The third-order valence-electron chi connectivity index (χ3n) is 4.25. The van der Waals surface area contributed by atoms with Gasteiger partial charge in [-0.05, 0) is 63.0 Å². The number of nitrogens with one attached hydrogen (secondary N) is 1. The van der Waals surface area contributed by atoms with Crippen molar-refractivity contribution in [1.82, 2.24) is 4.90 Å². The molecule has 0 saturated heterocycles. The number of ether oxygens (including phenoxy) is 1. The minimum Gasteiger partial charge on any atom is -0.490 e. The van der Waals surface area contributed by atoms with Crippen LogP contribution in [0.5, 0.6) is 5.75 Å². The van der Waals surface area contributed by atoms with Crippen molar-refractivity contribution < 1.29 is 9.53 Å². The first-order valence-electron chi connectivity index (χ1n) is 8.50. The fraction of sp³-hybridized carbons (Fsp3) is 0.611. The van der Waals surface area contributed by atoms with Crippen LogP contribution in [-0.2, 0) is 4.79 Å². The minimum absolute atomic E-state index is 0.0321. The molecular weight excluding hydrogens is 276 g/mol. The van der Waals surface area contributed by atoms with Crippen LogP contribution in [0.4, 0.5) is 5.69 Å². The highest BCUT2D eigenvalue weighted by Gasteiger charge is 2.14. The number of hydrogen-bond acceptors (Lipinski definition) is 3. The van der Waals surface area contributed by atoms with Gasteiger partial charge in [-0.1, -0.05) is 20.3 Å². The second kappa shape index (κ2) is 8.79. The predicted octanol–water partition coefficient (Wildman–Crippen LogP) is 3.68. The molecule has 2 rings (SSSR count). The summed E-state index contributed by atoms with van der Waals surface area (Å²) in [7, 11) is 0. The number of nitrogens with zero attached hydrogens (tertiary/aromatic N) is 1. The Balaban J connectivity index is 1.82. The van der Waals surface area contributed by atoms with Crippen molar-refractivity contribution in [1.29, 1.82) is 0 Å². The van der Waals surface area contributed by atoms with Crippen molar-refractivity contribution in [3.63, 3.8) is 0 Å². The summed E-state index contributed by atoms with van der Waals surface area (Å²) in [6.07, 6.45) is 6.54. The van der Waals surface area contributed by atoms with E-state index in [2.05, 4.69) is 24.1 Å². The molecule has 4 heteroatoms. The maximum absolute atomic E-state index is 12.0. The summed E-state index contributed by atoms with van der Waals surface area (Å²) in [5.74, 6) is 0.929. The average Bonchev–Trinajstić information content (AvgIpc) is 2.55. The molecule has 1 amide bonds. The Morgan fingerprint density at radius 3 is 2.36 bits per heavy atom. The Hall–Kier alpha value is -1.55. The van der Waals surface area contributed by atoms with E-state index in [4.69, 9.17) is 4.74 Å². The Morgan fingerprint density at radius 1 is 1.14 bits per heavy atom. The molecule has 1 aliphatic carbocycles. The van der Waals surface area contributed by atoms with Gasteiger partial charge in [-0.2, -0.15) is 0 Å². The van der Waals surface area contributed by atoms with Gasteiger partial charge in [0.2, 0.25) is 5.91 Å². The second-order valence-corrected chi connectivity index (χ2v) is 5.91. The van der Waals surface area contributed by atoms with E-state index in [9.17, 15) is 4.79 Å². The van der Waals surface area contributed by atoms with Crippen LogP contribution in [-0.4, -0.2) is 36.5 Å². The van der Waals surface area contributed by atoms with E-state index < -0.39 is 0 Å². The van der Waals surface area contributed by atoms with Crippen molar-refractivity contribution in [3.8, 4) is 5.75 Å². The van der Waals surface area contributed by atoms with E-state index in [1.54, 1.807) is 0 Å². The van der Waals surface area contributed by atoms with Crippen LogP contribution in [0.15, 0.2) is 24.3 Å². The van der Waals surface area contributed by atoms with Crippen LogP contribution < -0.4 is 10.1 Å². The van der Waals surface area contributed by atoms with Crippen molar-refractivity contribution >= 4 is 11.6 Å². The molecule has 0 spiro atoms. The van der Waals surface area contributed by atoms with E-state index in [1.165, 1.54) is 19.3 Å². The number of benzene rings is 1. The van der Waals surface area contributed by atoms with Gasteiger partial charge in [0.05, 0.1) is 12.6 Å². The lowest BCUT2D eigenvalue weighted by Crippen LogP contribution is -2.32. The Morgan fingerprint density at radius 2 is 1.77 bits per heavy atom. The first kappa shape index (κ1) is 16.8. The molecule has 1 aromatic rings. The lowest BCUT2D eigenvalue weighted by molar-refractivity contribution is -0.117. The van der Waals surface area contributed by atoms with E-state index in [0.717, 1.165) is 37.4 Å². The molecule has 0 aliphatic heterocycles. The van der Waals surface area contributed by atoms with Gasteiger partial charge >= 0.3 is 0 Å². The van der Waals surface area contributed by atoms with Gasteiger partial charge < -0.3 is 10.1 Å². The summed E-state index contributed by atoms with van der Waals surface area (Å²) in [4.78, 5) is 14.1. The summed E-state index contributed by atoms with van der Waals surface area (Å²) in [5.41, 5.74) is 0.827. The van der Waals surface area contributed by atoms with Crippen LogP contribution in [0.1, 0.15) is 46.0 Å². The molecular formula is C18H28N2O2. The Labute approximate surface area is 133 Å². The summed E-state index contributed by atoms with van der Waals surface area (Å²) in [6.45, 7) is 6.34. The number of carbonyl (C=O) groups excluding carboxylic acids is 1. The van der Waals surface area contributed by atoms with Gasteiger partial charge in [-0.15, -0.1) is 0 Å². The third kappa shape index (κ3) is 5.34. The van der Waals surface area contributed by atoms with Gasteiger partial charge in [0.25, 0.3) is 0 Å². The summed E-state index contributed by atoms with van der Waals surface area (Å²) in [5, 5.41) is 2.94. The van der Waals surface area contributed by atoms with Gasteiger partial charge in [-0.3, -0.25) is 9.69 Å². The van der Waals surface area contributed by atoms with Crippen molar-refractivity contribution in [2.75, 3.05) is 25.0 Å². The number of anilines is 1. The van der Waals surface area contributed by atoms with Crippen molar-refractivity contribution in [2.24, 2.45) is 0 Å². The van der Waals surface area contributed by atoms with E-state index in [0.29, 0.717) is 12.6 Å². The van der Waals surface area contributed by atoms with Gasteiger partial charge in [0, 0.05) is 5.69 Å². The third-order valence-corrected chi connectivity index (χ3v) is 4.25. The topological polar surface area (TPSA) is 41.6 Å². The van der Waals surface area contributed by atoms with Gasteiger partial charge in [0.15, 0.2) is 0 Å². The molecule has 1 aromatic carbocycles. The molecule has 1 N–H and O–H groups in total. The van der Waals surface area contributed by atoms with Crippen LogP contribution in [0.3, 0.4) is 0 Å². The number of amides is 1. The highest BCUT2D eigenvalue weighted by atomic mass is 16.5. The van der Waals surface area contributed by atoms with Crippen LogP contribution in [0.2, 0.25) is 0 Å². The quantitative estimate of drug-likeness (QED) is 0.835. The second-order valence-electron chi connectivity index (χ2n) is 5.91. The highest BCUT2D eigenvalue weighted by Crippen LogP contribution is 2.24. The lowest BCUT2D eigenvalue weighted by atomic mass is 9.98. The normalized spacial score (nSPS) is 15.8. The van der Waals surface area contributed by atoms with Gasteiger partial charge in [-0.25, -0.2) is 0 Å². The van der Waals surface area contributed by atoms with Crippen LogP contribution >= 0.6 is 0 Å². The summed E-state index contributed by atoms with van der Waals surface area (Å²) in [6, 6.07) is 7.72. The Bertz CT molecular complexity index is 449. The molecule has 0 aromatic heterocycles. The molecule has 0 heterocycles. The maximum Gasteiger partial charge on any atom is 0.238 e. The van der Waals surface area contributed by atoms with E-state index in [1.807, 2.05) is 24.3 Å². The van der Waals surface area contributed by atoms with E-state index in [-0.39, 0.29) is 5.91 Å². The highest BCUT2D eigenvalue weighted by molar-refractivity contribution is 5.92. The van der Waals surface area contributed by atoms with Crippen LogP contribution in [0, 0.1) is 0 Å². The SMILES string of the molecule is CCN(CC)CC(=O)Nc1ccc(OC2CCCCC2)cc1. The molecule has 0 unspecified atom stereocenters. The molecule has 122 valence electrons. The zero-order valence-corrected chi connectivity index (χ0v) is 13.8. The molecule has 0 radical (unpaired) electrons. The predicted molar refractivity (Wildman–Crippen MR) is 90.4 cm³/mol. The van der Waals surface area contributed by atoms with E-state index >= 15 is 0 Å². The van der Waals surface area contributed by atoms with Crippen LogP contribution in [0.25, 0.3) is 0 Å². The molecule has 22 heavy (non-hydrogen) atoms. The molecule has 0 atom stereocenters. The largest absolute Gasteiger partial charge is 0.490 e. The summed E-state index contributed by atoms with van der Waals surface area (Å²) < 4.78 is 5.99. The molecule has 1 saturated carbocycles. The van der Waals surface area contributed by atoms with Crippen molar-refractivity contribution in [2.45, 2.75) is 52.1 Å². The smallest absolute Gasteiger partial charge is 0.238 e. The molecule has 1 fully saturated rings. The Kier molecular flexibility index (Phi) is 6.72. The number of likely N-dealkylation sites (N-methyl/N-ethyl adjacent to an activating group) is 1. The van der Waals surface area contributed by atoms with Gasteiger partial charge in [0.1, 0.15) is 5.75 Å². The van der Waals surface area contributed by atoms with Crippen molar-refractivity contribution in [3.05, 3.63) is 24.3 Å². The average molecular weight is 304 g/mol. The fourth-order valence-electron chi connectivity index (χ4n) is 2.84. The molecule has 1 aliphatic rings. The summed E-state index contributed by atoms with van der Waals surface area (Å²) >= 11 is 0. The molecule has 4 nitrogen and oxygen atoms in total. The zero-order valence-electron chi connectivity index (χ0n) is 13.8.